The molecule has 3 rings (SSSR count). The Hall–Kier alpha value is -2.00. The Labute approximate surface area is 118 Å². The molecule has 1 unspecified atom stereocenters. The van der Waals surface area contributed by atoms with Gasteiger partial charge in [0.05, 0.1) is 13.7 Å². The maximum Gasteiger partial charge on any atom is 0.129 e. The maximum absolute atomic E-state index is 11.1. The molecule has 0 radical (unpaired) electrons. The Morgan fingerprint density at radius 2 is 1.85 bits per heavy atom. The van der Waals surface area contributed by atoms with Crippen LogP contribution >= 0.6 is 0 Å². The molecule has 1 aliphatic heterocycles. The smallest absolute Gasteiger partial charge is 0.129 e. The normalized spacial score (nSPS) is 16.1. The van der Waals surface area contributed by atoms with E-state index in [2.05, 4.69) is 0 Å². The third kappa shape index (κ3) is 1.95. The summed E-state index contributed by atoms with van der Waals surface area (Å²) in [6.07, 6.45) is 0.894. The molecule has 0 saturated heterocycles. The van der Waals surface area contributed by atoms with E-state index in [1.807, 2.05) is 42.5 Å². The van der Waals surface area contributed by atoms with E-state index >= 15 is 0 Å². The van der Waals surface area contributed by atoms with E-state index in [9.17, 15) is 5.11 Å². The first kappa shape index (κ1) is 13.0. The monoisotopic (exact) mass is 270 g/mol. The van der Waals surface area contributed by atoms with Crippen LogP contribution in [0, 0.1) is 0 Å². The van der Waals surface area contributed by atoms with Crippen LogP contribution in [-0.4, -0.2) is 18.8 Å². The van der Waals surface area contributed by atoms with Gasteiger partial charge in [0.1, 0.15) is 17.1 Å². The Balaban J connectivity index is 2.15. The first-order chi connectivity index (χ1) is 9.64. The second-order valence-corrected chi connectivity index (χ2v) is 5.16. The number of rotatable bonds is 3. The van der Waals surface area contributed by atoms with Crippen molar-refractivity contribution in [2.45, 2.75) is 18.9 Å². The van der Waals surface area contributed by atoms with Crippen molar-refractivity contribution in [2.24, 2.45) is 0 Å². The average Bonchev–Trinajstić information content (AvgIpc) is 2.95. The standard InChI is InChI=1S/C17H18O3/c1-17(18,13-7-3-4-9-15(13)19-2)14-8-5-6-12-10-11-20-16(12)14/h3-9,18H,10-11H2,1-2H3. The van der Waals surface area contributed by atoms with Crippen molar-refractivity contribution >= 4 is 0 Å². The Morgan fingerprint density at radius 3 is 2.65 bits per heavy atom. The molecule has 0 spiro atoms. The number of hydrogen-bond acceptors (Lipinski definition) is 3. The SMILES string of the molecule is COc1ccccc1C(C)(O)c1cccc2c1OCC2. The highest BCUT2D eigenvalue weighted by Gasteiger charge is 2.33. The molecule has 1 atom stereocenters. The molecule has 1 N–H and O–H groups in total. The minimum Gasteiger partial charge on any atom is -0.496 e. The highest BCUT2D eigenvalue weighted by Crippen LogP contribution is 2.42. The minimum absolute atomic E-state index is 0.674. The molecule has 20 heavy (non-hydrogen) atoms. The fraction of sp³-hybridized carbons (Fsp3) is 0.294. The molecule has 0 saturated carbocycles. The molecule has 0 aromatic heterocycles. The van der Waals surface area contributed by atoms with Crippen LogP contribution in [0.1, 0.15) is 23.6 Å². The molecule has 3 heteroatoms. The molecule has 3 nitrogen and oxygen atoms in total. The topological polar surface area (TPSA) is 38.7 Å². The van der Waals surface area contributed by atoms with Gasteiger partial charge in [-0.25, -0.2) is 0 Å². The van der Waals surface area contributed by atoms with Crippen LogP contribution in [-0.2, 0) is 12.0 Å². The molecule has 104 valence electrons. The summed E-state index contributed by atoms with van der Waals surface area (Å²) in [5.41, 5.74) is 1.53. The van der Waals surface area contributed by atoms with Gasteiger partial charge in [0.15, 0.2) is 0 Å². The lowest BCUT2D eigenvalue weighted by Crippen LogP contribution is -2.24. The lowest BCUT2D eigenvalue weighted by atomic mass is 9.86. The number of benzene rings is 2. The Kier molecular flexibility index (Phi) is 3.14. The average molecular weight is 270 g/mol. The van der Waals surface area contributed by atoms with Gasteiger partial charge in [-0.15, -0.1) is 0 Å². The lowest BCUT2D eigenvalue weighted by Gasteiger charge is -2.27. The van der Waals surface area contributed by atoms with E-state index < -0.39 is 5.60 Å². The molecule has 2 aromatic rings. The summed E-state index contributed by atoms with van der Waals surface area (Å²) in [5, 5.41) is 11.1. The van der Waals surface area contributed by atoms with Crippen LogP contribution in [0.15, 0.2) is 42.5 Å². The maximum atomic E-state index is 11.1. The van der Waals surface area contributed by atoms with Gasteiger partial charge in [0.25, 0.3) is 0 Å². The van der Waals surface area contributed by atoms with E-state index in [1.54, 1.807) is 14.0 Å². The number of hydrogen-bond donors (Lipinski definition) is 1. The summed E-state index contributed by atoms with van der Waals surface area (Å²) in [6.45, 7) is 2.45. The van der Waals surface area contributed by atoms with Crippen LogP contribution in [0.4, 0.5) is 0 Å². The third-order valence-electron chi connectivity index (χ3n) is 3.87. The fourth-order valence-corrected chi connectivity index (χ4v) is 2.79. The van der Waals surface area contributed by atoms with Crippen LogP contribution in [0.2, 0.25) is 0 Å². The zero-order valence-electron chi connectivity index (χ0n) is 11.7. The number of aliphatic hydroxyl groups is 1. The van der Waals surface area contributed by atoms with Crippen molar-refractivity contribution < 1.29 is 14.6 Å². The van der Waals surface area contributed by atoms with Gasteiger partial charge in [-0.3, -0.25) is 0 Å². The van der Waals surface area contributed by atoms with Crippen molar-refractivity contribution in [3.63, 3.8) is 0 Å². The summed E-state index contributed by atoms with van der Waals surface area (Å²) >= 11 is 0. The van der Waals surface area contributed by atoms with Crippen molar-refractivity contribution in [2.75, 3.05) is 13.7 Å². The van der Waals surface area contributed by atoms with Crippen molar-refractivity contribution in [3.05, 3.63) is 59.2 Å². The number of ether oxygens (including phenoxy) is 2. The molecule has 1 aliphatic rings. The van der Waals surface area contributed by atoms with Crippen LogP contribution in [0.5, 0.6) is 11.5 Å². The third-order valence-corrected chi connectivity index (χ3v) is 3.87. The van der Waals surface area contributed by atoms with Crippen molar-refractivity contribution in [3.8, 4) is 11.5 Å². The molecule has 0 fully saturated rings. The number of methoxy groups -OCH3 is 1. The van der Waals surface area contributed by atoms with Gasteiger partial charge in [-0.1, -0.05) is 36.4 Å². The largest absolute Gasteiger partial charge is 0.496 e. The highest BCUT2D eigenvalue weighted by atomic mass is 16.5. The predicted octanol–water partition coefficient (Wildman–Crippen LogP) is 2.89. The van der Waals surface area contributed by atoms with Crippen LogP contribution in [0.3, 0.4) is 0 Å². The molecule has 1 heterocycles. The zero-order chi connectivity index (χ0) is 14.2. The van der Waals surface area contributed by atoms with Gasteiger partial charge < -0.3 is 14.6 Å². The summed E-state index contributed by atoms with van der Waals surface area (Å²) < 4.78 is 11.1. The van der Waals surface area contributed by atoms with E-state index in [4.69, 9.17) is 9.47 Å². The van der Waals surface area contributed by atoms with E-state index in [1.165, 1.54) is 0 Å². The number of para-hydroxylation sites is 2. The van der Waals surface area contributed by atoms with Gasteiger partial charge in [-0.2, -0.15) is 0 Å². The Bertz CT molecular complexity index is 632. The lowest BCUT2D eigenvalue weighted by molar-refractivity contribution is 0.0956. The molecule has 0 amide bonds. The molecule has 2 aromatic carbocycles. The second kappa shape index (κ2) is 4.84. The van der Waals surface area contributed by atoms with Gasteiger partial charge in [-0.05, 0) is 18.6 Å². The second-order valence-electron chi connectivity index (χ2n) is 5.16. The fourth-order valence-electron chi connectivity index (χ4n) is 2.79. The number of fused-ring (bicyclic) bond motifs is 1. The van der Waals surface area contributed by atoms with Gasteiger partial charge >= 0.3 is 0 Å². The van der Waals surface area contributed by atoms with Crippen molar-refractivity contribution in [1.29, 1.82) is 0 Å². The molecule has 0 aliphatic carbocycles. The molecular formula is C17H18O3. The first-order valence-corrected chi connectivity index (χ1v) is 6.75. The molecular weight excluding hydrogens is 252 g/mol. The van der Waals surface area contributed by atoms with Crippen LogP contribution < -0.4 is 9.47 Å². The van der Waals surface area contributed by atoms with E-state index in [0.717, 1.165) is 28.9 Å². The van der Waals surface area contributed by atoms with Crippen LogP contribution in [0.25, 0.3) is 0 Å². The van der Waals surface area contributed by atoms with Gasteiger partial charge in [0, 0.05) is 17.5 Å². The summed E-state index contributed by atoms with van der Waals surface area (Å²) in [6, 6.07) is 13.5. The van der Waals surface area contributed by atoms with Gasteiger partial charge in [0.2, 0.25) is 0 Å². The molecule has 0 bridgehead atoms. The predicted molar refractivity (Wildman–Crippen MR) is 77.3 cm³/mol. The minimum atomic E-state index is -1.15. The Morgan fingerprint density at radius 1 is 1.10 bits per heavy atom. The van der Waals surface area contributed by atoms with Crippen molar-refractivity contribution in [1.82, 2.24) is 0 Å². The zero-order valence-corrected chi connectivity index (χ0v) is 11.7. The quantitative estimate of drug-likeness (QED) is 0.932. The first-order valence-electron chi connectivity index (χ1n) is 6.75. The van der Waals surface area contributed by atoms with E-state index in [0.29, 0.717) is 12.4 Å². The highest BCUT2D eigenvalue weighted by molar-refractivity contribution is 5.53. The summed E-state index contributed by atoms with van der Waals surface area (Å²) in [7, 11) is 1.61. The summed E-state index contributed by atoms with van der Waals surface area (Å²) in [5.74, 6) is 1.48. The summed E-state index contributed by atoms with van der Waals surface area (Å²) in [4.78, 5) is 0. The van der Waals surface area contributed by atoms with E-state index in [-0.39, 0.29) is 0 Å².